The number of aryl methyl sites for hydroxylation is 1. The van der Waals surface area contributed by atoms with Crippen molar-refractivity contribution in [3.05, 3.63) is 35.4 Å². The van der Waals surface area contributed by atoms with Gasteiger partial charge in [0.25, 0.3) is 0 Å². The largest absolute Gasteiger partial charge is 0.389 e. The van der Waals surface area contributed by atoms with E-state index in [1.54, 1.807) is 0 Å². The van der Waals surface area contributed by atoms with Gasteiger partial charge in [-0.2, -0.15) is 0 Å². The standard InChI is InChI=1S/C20H30N2O3/c1-2-25-15-17(23)14-21-10-12-22(13-11-21)20(24)19-9-5-7-16-6-3-4-8-18(16)19/h3-4,6,8,17,19,23H,2,5,7,9-15H2,1H3/t17-,19+/m1/s1. The molecular formula is C20H30N2O3. The molecule has 0 saturated carbocycles. The third kappa shape index (κ3) is 4.60. The van der Waals surface area contributed by atoms with Gasteiger partial charge < -0.3 is 14.7 Å². The summed E-state index contributed by atoms with van der Waals surface area (Å²) in [5.74, 6) is 0.307. The van der Waals surface area contributed by atoms with E-state index in [9.17, 15) is 9.90 Å². The lowest BCUT2D eigenvalue weighted by atomic mass is 9.82. The van der Waals surface area contributed by atoms with Gasteiger partial charge in [0.15, 0.2) is 0 Å². The van der Waals surface area contributed by atoms with Gasteiger partial charge in [-0.1, -0.05) is 24.3 Å². The van der Waals surface area contributed by atoms with Crippen LogP contribution in [0.5, 0.6) is 0 Å². The van der Waals surface area contributed by atoms with Gasteiger partial charge in [0.1, 0.15) is 0 Å². The maximum Gasteiger partial charge on any atom is 0.230 e. The van der Waals surface area contributed by atoms with E-state index in [2.05, 4.69) is 23.1 Å². The van der Waals surface area contributed by atoms with Crippen LogP contribution in [0.1, 0.15) is 36.8 Å². The zero-order chi connectivity index (χ0) is 17.6. The van der Waals surface area contributed by atoms with Gasteiger partial charge in [0.2, 0.25) is 5.91 Å². The van der Waals surface area contributed by atoms with Crippen LogP contribution >= 0.6 is 0 Å². The van der Waals surface area contributed by atoms with Gasteiger partial charge in [-0.15, -0.1) is 0 Å². The van der Waals surface area contributed by atoms with Crippen LogP contribution in [0.2, 0.25) is 0 Å². The minimum Gasteiger partial charge on any atom is -0.389 e. The topological polar surface area (TPSA) is 53.0 Å². The number of β-amino-alcohol motifs (C(OH)–C–C–N with tert-alkyl or cyclic N) is 1. The summed E-state index contributed by atoms with van der Waals surface area (Å²) in [6.07, 6.45) is 2.69. The fourth-order valence-corrected chi connectivity index (χ4v) is 3.99. The number of aliphatic hydroxyl groups excluding tert-OH is 1. The zero-order valence-corrected chi connectivity index (χ0v) is 15.2. The lowest BCUT2D eigenvalue weighted by Crippen LogP contribution is -2.52. The Kier molecular flexibility index (Phi) is 6.45. The molecule has 0 unspecified atom stereocenters. The van der Waals surface area contributed by atoms with Crippen LogP contribution in [0.4, 0.5) is 0 Å². The van der Waals surface area contributed by atoms with Crippen LogP contribution in [-0.2, 0) is 16.0 Å². The Morgan fingerprint density at radius 1 is 1.28 bits per heavy atom. The molecule has 1 N–H and O–H groups in total. The second kappa shape index (κ2) is 8.79. The molecule has 5 nitrogen and oxygen atoms in total. The summed E-state index contributed by atoms with van der Waals surface area (Å²) < 4.78 is 5.27. The first-order valence-corrected chi connectivity index (χ1v) is 9.53. The van der Waals surface area contributed by atoms with E-state index in [1.807, 2.05) is 17.9 Å². The summed E-state index contributed by atoms with van der Waals surface area (Å²) in [5, 5.41) is 9.97. The number of hydrogen-bond donors (Lipinski definition) is 1. The highest BCUT2D eigenvalue weighted by Crippen LogP contribution is 2.33. The molecule has 1 fully saturated rings. The van der Waals surface area contributed by atoms with Gasteiger partial charge >= 0.3 is 0 Å². The number of aliphatic hydroxyl groups is 1. The summed E-state index contributed by atoms with van der Waals surface area (Å²) in [6.45, 7) is 6.70. The van der Waals surface area contributed by atoms with Crippen LogP contribution in [0.15, 0.2) is 24.3 Å². The molecule has 0 spiro atoms. The summed E-state index contributed by atoms with van der Waals surface area (Å²) in [7, 11) is 0. The molecule has 5 heteroatoms. The van der Waals surface area contributed by atoms with Crippen LogP contribution in [0, 0.1) is 0 Å². The SMILES string of the molecule is CCOC[C@H](O)CN1CCN(C(=O)[C@H]2CCCc3ccccc32)CC1. The number of carbonyl (C=O) groups excluding carboxylic acids is 1. The highest BCUT2D eigenvalue weighted by atomic mass is 16.5. The maximum absolute atomic E-state index is 13.0. The maximum atomic E-state index is 13.0. The molecular weight excluding hydrogens is 316 g/mol. The van der Waals surface area contributed by atoms with Gasteiger partial charge in [-0.25, -0.2) is 0 Å². The number of hydrogen-bond acceptors (Lipinski definition) is 4. The average molecular weight is 346 g/mol. The Bertz CT molecular complexity index is 570. The highest BCUT2D eigenvalue weighted by molar-refractivity contribution is 5.84. The molecule has 138 valence electrons. The number of fused-ring (bicyclic) bond motifs is 1. The van der Waals surface area contributed by atoms with E-state index in [4.69, 9.17) is 4.74 Å². The zero-order valence-electron chi connectivity index (χ0n) is 15.2. The Morgan fingerprint density at radius 2 is 2.04 bits per heavy atom. The van der Waals surface area contributed by atoms with Crippen molar-refractivity contribution in [3.63, 3.8) is 0 Å². The third-order valence-electron chi connectivity index (χ3n) is 5.33. The highest BCUT2D eigenvalue weighted by Gasteiger charge is 2.31. The smallest absolute Gasteiger partial charge is 0.230 e. The number of benzene rings is 1. The number of ether oxygens (including phenoxy) is 1. The molecule has 1 aromatic rings. The Morgan fingerprint density at radius 3 is 2.80 bits per heavy atom. The molecule has 0 bridgehead atoms. The predicted molar refractivity (Wildman–Crippen MR) is 97.6 cm³/mol. The van der Waals surface area contributed by atoms with Gasteiger partial charge in [-0.05, 0) is 37.3 Å². The molecule has 2 atom stereocenters. The van der Waals surface area contributed by atoms with Gasteiger partial charge in [0.05, 0.1) is 18.6 Å². The molecule has 1 aliphatic heterocycles. The predicted octanol–water partition coefficient (Wildman–Crippen LogP) is 1.65. The molecule has 0 aromatic heterocycles. The van der Waals surface area contributed by atoms with Crippen molar-refractivity contribution in [1.82, 2.24) is 9.80 Å². The van der Waals surface area contributed by atoms with Crippen molar-refractivity contribution in [1.29, 1.82) is 0 Å². The molecule has 1 aliphatic carbocycles. The fraction of sp³-hybridized carbons (Fsp3) is 0.650. The number of nitrogens with zero attached hydrogens (tertiary/aromatic N) is 2. The Balaban J connectivity index is 1.52. The van der Waals surface area contributed by atoms with Crippen LogP contribution in [0.25, 0.3) is 0 Å². The third-order valence-corrected chi connectivity index (χ3v) is 5.33. The molecule has 25 heavy (non-hydrogen) atoms. The summed E-state index contributed by atoms with van der Waals surface area (Å²) in [4.78, 5) is 17.3. The first-order valence-electron chi connectivity index (χ1n) is 9.53. The van der Waals surface area contributed by atoms with E-state index in [1.165, 1.54) is 11.1 Å². The normalized spacial score (nSPS) is 22.5. The Hall–Kier alpha value is -1.43. The second-order valence-corrected chi connectivity index (χ2v) is 7.08. The molecule has 1 saturated heterocycles. The van der Waals surface area contributed by atoms with E-state index in [-0.39, 0.29) is 11.8 Å². The van der Waals surface area contributed by atoms with Crippen molar-refractivity contribution < 1.29 is 14.6 Å². The van der Waals surface area contributed by atoms with Crippen molar-refractivity contribution in [2.24, 2.45) is 0 Å². The lowest BCUT2D eigenvalue weighted by molar-refractivity contribution is -0.135. The Labute approximate surface area is 150 Å². The van der Waals surface area contributed by atoms with E-state index in [0.717, 1.165) is 45.4 Å². The second-order valence-electron chi connectivity index (χ2n) is 7.08. The van der Waals surface area contributed by atoms with Crippen LogP contribution in [0.3, 0.4) is 0 Å². The van der Waals surface area contributed by atoms with Crippen molar-refractivity contribution in [3.8, 4) is 0 Å². The van der Waals surface area contributed by atoms with E-state index >= 15 is 0 Å². The fourth-order valence-electron chi connectivity index (χ4n) is 3.99. The quantitative estimate of drug-likeness (QED) is 0.851. The van der Waals surface area contributed by atoms with Crippen molar-refractivity contribution in [2.75, 3.05) is 45.9 Å². The molecule has 1 amide bonds. The first kappa shape index (κ1) is 18.4. The molecule has 2 aliphatic rings. The minimum absolute atomic E-state index is 0.0278. The number of piperazine rings is 1. The van der Waals surface area contributed by atoms with Gasteiger partial charge in [0, 0.05) is 39.3 Å². The van der Waals surface area contributed by atoms with Crippen molar-refractivity contribution in [2.45, 2.75) is 38.2 Å². The monoisotopic (exact) mass is 346 g/mol. The number of amides is 1. The number of carbonyl (C=O) groups is 1. The van der Waals surface area contributed by atoms with E-state index in [0.29, 0.717) is 19.8 Å². The first-order chi connectivity index (χ1) is 12.2. The molecule has 1 heterocycles. The van der Waals surface area contributed by atoms with E-state index < -0.39 is 6.10 Å². The minimum atomic E-state index is -0.451. The summed E-state index contributed by atoms with van der Waals surface area (Å²) in [5.41, 5.74) is 2.57. The lowest BCUT2D eigenvalue weighted by Gasteiger charge is -2.38. The molecule has 0 radical (unpaired) electrons. The molecule has 3 rings (SSSR count). The molecule has 1 aromatic carbocycles. The van der Waals surface area contributed by atoms with Crippen molar-refractivity contribution >= 4 is 5.91 Å². The van der Waals surface area contributed by atoms with Crippen LogP contribution < -0.4 is 0 Å². The van der Waals surface area contributed by atoms with Crippen LogP contribution in [-0.4, -0.2) is 72.9 Å². The summed E-state index contributed by atoms with van der Waals surface area (Å²) in [6, 6.07) is 8.39. The average Bonchev–Trinajstić information content (AvgIpc) is 2.66. The number of rotatable bonds is 6. The van der Waals surface area contributed by atoms with Gasteiger partial charge in [-0.3, -0.25) is 9.69 Å². The summed E-state index contributed by atoms with van der Waals surface area (Å²) >= 11 is 0.